The van der Waals surface area contributed by atoms with Crippen molar-refractivity contribution in [2.24, 2.45) is 0 Å². The van der Waals surface area contributed by atoms with Crippen molar-refractivity contribution in [1.29, 1.82) is 0 Å². The molecular formula is C17H19FN2O. The standard InChI is InChI=1S/C17H19FN2O/c18-15-3-1-2-14(12-15)10-11-20-17(21)9-6-13-4-7-16(19)8-5-13/h1-5,7-8,12H,6,9-11,19H2,(H,20,21). The highest BCUT2D eigenvalue weighted by Crippen LogP contribution is 2.07. The molecular weight excluding hydrogens is 267 g/mol. The topological polar surface area (TPSA) is 55.1 Å². The van der Waals surface area contributed by atoms with E-state index in [1.165, 1.54) is 12.1 Å². The molecule has 4 heteroatoms. The van der Waals surface area contributed by atoms with Crippen molar-refractivity contribution in [3.63, 3.8) is 0 Å². The Morgan fingerprint density at radius 2 is 1.81 bits per heavy atom. The molecule has 2 aromatic rings. The molecule has 1 amide bonds. The van der Waals surface area contributed by atoms with Crippen LogP contribution in [0.25, 0.3) is 0 Å². The molecule has 0 aliphatic heterocycles. The Morgan fingerprint density at radius 3 is 2.52 bits per heavy atom. The molecule has 0 unspecified atom stereocenters. The molecule has 0 saturated carbocycles. The van der Waals surface area contributed by atoms with Gasteiger partial charge in [0, 0.05) is 18.7 Å². The molecule has 0 radical (unpaired) electrons. The first-order valence-corrected chi connectivity index (χ1v) is 6.99. The van der Waals surface area contributed by atoms with E-state index in [2.05, 4.69) is 5.32 Å². The van der Waals surface area contributed by atoms with Crippen LogP contribution in [0.15, 0.2) is 48.5 Å². The summed E-state index contributed by atoms with van der Waals surface area (Å²) in [6, 6.07) is 13.9. The smallest absolute Gasteiger partial charge is 0.220 e. The zero-order chi connectivity index (χ0) is 15.1. The van der Waals surface area contributed by atoms with Gasteiger partial charge < -0.3 is 11.1 Å². The van der Waals surface area contributed by atoms with Gasteiger partial charge in [0.15, 0.2) is 0 Å². The molecule has 0 saturated heterocycles. The Morgan fingerprint density at radius 1 is 1.05 bits per heavy atom. The number of carbonyl (C=O) groups is 1. The first kappa shape index (κ1) is 15.0. The van der Waals surface area contributed by atoms with E-state index in [0.29, 0.717) is 25.8 Å². The molecule has 0 spiro atoms. The fourth-order valence-electron chi connectivity index (χ4n) is 2.07. The van der Waals surface area contributed by atoms with E-state index in [1.54, 1.807) is 6.07 Å². The van der Waals surface area contributed by atoms with Gasteiger partial charge in [-0.15, -0.1) is 0 Å². The molecule has 3 N–H and O–H groups in total. The number of aryl methyl sites for hydroxylation is 1. The number of nitrogen functional groups attached to an aromatic ring is 1. The van der Waals surface area contributed by atoms with E-state index in [-0.39, 0.29) is 11.7 Å². The third-order valence-corrected chi connectivity index (χ3v) is 3.25. The lowest BCUT2D eigenvalue weighted by Crippen LogP contribution is -2.25. The first-order valence-electron chi connectivity index (χ1n) is 6.99. The molecule has 110 valence electrons. The van der Waals surface area contributed by atoms with Crippen molar-refractivity contribution >= 4 is 11.6 Å². The number of halogens is 1. The van der Waals surface area contributed by atoms with Gasteiger partial charge in [0.1, 0.15) is 5.82 Å². The molecule has 2 aromatic carbocycles. The predicted molar refractivity (Wildman–Crippen MR) is 82.3 cm³/mol. The summed E-state index contributed by atoms with van der Waals surface area (Å²) in [7, 11) is 0. The first-order chi connectivity index (χ1) is 10.1. The van der Waals surface area contributed by atoms with Gasteiger partial charge in [0.05, 0.1) is 0 Å². The van der Waals surface area contributed by atoms with E-state index in [0.717, 1.165) is 16.8 Å². The summed E-state index contributed by atoms with van der Waals surface area (Å²) < 4.78 is 13.0. The fourth-order valence-corrected chi connectivity index (χ4v) is 2.07. The minimum absolute atomic E-state index is 0.00299. The lowest BCUT2D eigenvalue weighted by Gasteiger charge is -2.06. The summed E-state index contributed by atoms with van der Waals surface area (Å²) in [5.74, 6) is -0.245. The quantitative estimate of drug-likeness (QED) is 0.802. The molecule has 0 atom stereocenters. The van der Waals surface area contributed by atoms with Crippen LogP contribution in [0, 0.1) is 5.82 Å². The number of rotatable bonds is 6. The fraction of sp³-hybridized carbons (Fsp3) is 0.235. The highest BCUT2D eigenvalue weighted by Gasteiger charge is 2.02. The number of nitrogens with one attached hydrogen (secondary N) is 1. The van der Waals surface area contributed by atoms with Crippen LogP contribution in [-0.4, -0.2) is 12.5 Å². The largest absolute Gasteiger partial charge is 0.399 e. The van der Waals surface area contributed by atoms with Crippen LogP contribution in [0.3, 0.4) is 0 Å². The van der Waals surface area contributed by atoms with Gasteiger partial charge in [0.2, 0.25) is 5.91 Å². The van der Waals surface area contributed by atoms with Crippen molar-refractivity contribution in [3.05, 3.63) is 65.5 Å². The number of hydrogen-bond donors (Lipinski definition) is 2. The van der Waals surface area contributed by atoms with Gasteiger partial charge in [0.25, 0.3) is 0 Å². The number of benzene rings is 2. The average molecular weight is 286 g/mol. The monoisotopic (exact) mass is 286 g/mol. The number of carbonyl (C=O) groups excluding carboxylic acids is 1. The van der Waals surface area contributed by atoms with Crippen LogP contribution in [-0.2, 0) is 17.6 Å². The van der Waals surface area contributed by atoms with E-state index in [4.69, 9.17) is 5.73 Å². The second-order valence-corrected chi connectivity index (χ2v) is 4.97. The molecule has 0 fully saturated rings. The maximum atomic E-state index is 13.0. The van der Waals surface area contributed by atoms with Crippen LogP contribution in [0.1, 0.15) is 17.5 Å². The number of anilines is 1. The lowest BCUT2D eigenvalue weighted by molar-refractivity contribution is -0.121. The molecule has 0 heterocycles. The zero-order valence-corrected chi connectivity index (χ0v) is 11.8. The summed E-state index contributed by atoms with van der Waals surface area (Å²) in [6.07, 6.45) is 1.75. The van der Waals surface area contributed by atoms with Crippen LogP contribution in [0.5, 0.6) is 0 Å². The van der Waals surface area contributed by atoms with E-state index in [1.807, 2.05) is 30.3 Å². The highest BCUT2D eigenvalue weighted by atomic mass is 19.1. The van der Waals surface area contributed by atoms with Crippen LogP contribution in [0.4, 0.5) is 10.1 Å². The molecule has 0 bridgehead atoms. The van der Waals surface area contributed by atoms with E-state index >= 15 is 0 Å². The van der Waals surface area contributed by atoms with Crippen molar-refractivity contribution in [3.8, 4) is 0 Å². The Balaban J connectivity index is 1.69. The van der Waals surface area contributed by atoms with Crippen molar-refractivity contribution in [2.75, 3.05) is 12.3 Å². The van der Waals surface area contributed by atoms with E-state index < -0.39 is 0 Å². The predicted octanol–water partition coefficient (Wildman–Crippen LogP) is 2.70. The van der Waals surface area contributed by atoms with Gasteiger partial charge in [-0.05, 0) is 48.2 Å². The van der Waals surface area contributed by atoms with Crippen molar-refractivity contribution < 1.29 is 9.18 Å². The molecule has 0 aliphatic rings. The van der Waals surface area contributed by atoms with Crippen LogP contribution < -0.4 is 11.1 Å². The normalized spacial score (nSPS) is 10.3. The minimum Gasteiger partial charge on any atom is -0.399 e. The second kappa shape index (κ2) is 7.43. The Kier molecular flexibility index (Phi) is 5.32. The summed E-state index contributed by atoms with van der Waals surface area (Å²) in [6.45, 7) is 0.518. The number of amides is 1. The van der Waals surface area contributed by atoms with Gasteiger partial charge >= 0.3 is 0 Å². The molecule has 2 rings (SSSR count). The van der Waals surface area contributed by atoms with Crippen LogP contribution in [0.2, 0.25) is 0 Å². The minimum atomic E-state index is -0.248. The number of nitrogens with two attached hydrogens (primary N) is 1. The van der Waals surface area contributed by atoms with Crippen molar-refractivity contribution in [1.82, 2.24) is 5.32 Å². The zero-order valence-electron chi connectivity index (χ0n) is 11.8. The van der Waals surface area contributed by atoms with Crippen molar-refractivity contribution in [2.45, 2.75) is 19.3 Å². The van der Waals surface area contributed by atoms with E-state index in [9.17, 15) is 9.18 Å². The summed E-state index contributed by atoms with van der Waals surface area (Å²) in [5.41, 5.74) is 8.30. The van der Waals surface area contributed by atoms with Gasteiger partial charge in [-0.25, -0.2) is 4.39 Å². The Hall–Kier alpha value is -2.36. The maximum Gasteiger partial charge on any atom is 0.220 e. The van der Waals surface area contributed by atoms with Gasteiger partial charge in [-0.3, -0.25) is 4.79 Å². The average Bonchev–Trinajstić information content (AvgIpc) is 2.47. The summed E-state index contributed by atoms with van der Waals surface area (Å²) >= 11 is 0. The Labute approximate surface area is 124 Å². The third-order valence-electron chi connectivity index (χ3n) is 3.25. The summed E-state index contributed by atoms with van der Waals surface area (Å²) in [5, 5.41) is 2.85. The second-order valence-electron chi connectivity index (χ2n) is 4.97. The molecule has 0 aliphatic carbocycles. The molecule has 3 nitrogen and oxygen atoms in total. The SMILES string of the molecule is Nc1ccc(CCC(=O)NCCc2cccc(F)c2)cc1. The third kappa shape index (κ3) is 5.26. The summed E-state index contributed by atoms with van der Waals surface area (Å²) in [4.78, 5) is 11.7. The van der Waals surface area contributed by atoms with Gasteiger partial charge in [-0.2, -0.15) is 0 Å². The van der Waals surface area contributed by atoms with Gasteiger partial charge in [-0.1, -0.05) is 24.3 Å². The lowest BCUT2D eigenvalue weighted by atomic mass is 10.1. The molecule has 21 heavy (non-hydrogen) atoms. The molecule has 0 aromatic heterocycles. The Bertz CT molecular complexity index is 596. The maximum absolute atomic E-state index is 13.0. The number of hydrogen-bond acceptors (Lipinski definition) is 2. The van der Waals surface area contributed by atoms with Crippen LogP contribution >= 0.6 is 0 Å². The highest BCUT2D eigenvalue weighted by molar-refractivity contribution is 5.76.